The molecule has 1 heterocycles. The number of halogens is 1. The molecule has 0 aliphatic heterocycles. The summed E-state index contributed by atoms with van der Waals surface area (Å²) >= 11 is 0. The molecule has 1 aromatic heterocycles. The monoisotopic (exact) mass is 471 g/mol. The zero-order valence-corrected chi connectivity index (χ0v) is 17.7. The van der Waals surface area contributed by atoms with Crippen LogP contribution in [-0.4, -0.2) is 45.9 Å². The first-order valence-electron chi connectivity index (χ1n) is 9.39. The molecule has 0 bridgehead atoms. The molecule has 144 valence electrons. The number of aliphatic imine (C=N–C) groups is 1. The number of hydrogen-bond donors (Lipinski definition) is 3. The van der Waals surface area contributed by atoms with Crippen LogP contribution in [0.4, 0.5) is 0 Å². The van der Waals surface area contributed by atoms with Gasteiger partial charge in [0.25, 0.3) is 0 Å². The number of aryl methyl sites for hydroxylation is 1. The number of aliphatic hydroxyl groups is 1. The number of fused-ring (bicyclic) bond motifs is 1. The first-order chi connectivity index (χ1) is 12.3. The van der Waals surface area contributed by atoms with E-state index in [1.54, 1.807) is 0 Å². The molecule has 1 saturated carbocycles. The Morgan fingerprint density at radius 3 is 2.81 bits per heavy atom. The van der Waals surface area contributed by atoms with Crippen molar-refractivity contribution in [3.05, 3.63) is 30.6 Å². The lowest BCUT2D eigenvalue weighted by atomic mass is 9.93. The quantitative estimate of drug-likeness (QED) is 0.262. The third-order valence-electron chi connectivity index (χ3n) is 4.74. The summed E-state index contributed by atoms with van der Waals surface area (Å²) in [5.41, 5.74) is 2.22. The molecule has 1 aromatic carbocycles. The molecule has 0 amide bonds. The van der Waals surface area contributed by atoms with Gasteiger partial charge in [-0.25, -0.2) is 4.98 Å². The summed E-state index contributed by atoms with van der Waals surface area (Å²) < 4.78 is 2.19. The summed E-state index contributed by atoms with van der Waals surface area (Å²) in [5, 5.41) is 16.5. The number of nitrogens with one attached hydrogen (secondary N) is 2. The van der Waals surface area contributed by atoms with Crippen LogP contribution in [0.3, 0.4) is 0 Å². The molecule has 26 heavy (non-hydrogen) atoms. The van der Waals surface area contributed by atoms with Gasteiger partial charge < -0.3 is 20.3 Å². The van der Waals surface area contributed by atoms with Gasteiger partial charge in [0.2, 0.25) is 0 Å². The van der Waals surface area contributed by atoms with Crippen molar-refractivity contribution >= 4 is 41.0 Å². The van der Waals surface area contributed by atoms with Crippen LogP contribution in [0.1, 0.15) is 39.0 Å². The van der Waals surface area contributed by atoms with Crippen molar-refractivity contribution in [2.24, 2.45) is 4.99 Å². The fourth-order valence-electron chi connectivity index (χ4n) is 3.35. The summed E-state index contributed by atoms with van der Waals surface area (Å²) in [4.78, 5) is 9.13. The fraction of sp³-hybridized carbons (Fsp3) is 0.579. The van der Waals surface area contributed by atoms with Crippen molar-refractivity contribution < 1.29 is 5.11 Å². The zero-order chi connectivity index (χ0) is 17.5. The smallest absolute Gasteiger partial charge is 0.191 e. The Morgan fingerprint density at radius 1 is 1.27 bits per heavy atom. The molecule has 1 aliphatic rings. The second-order valence-corrected chi connectivity index (χ2v) is 6.69. The van der Waals surface area contributed by atoms with Gasteiger partial charge in [-0.2, -0.15) is 0 Å². The number of hydrogen-bond acceptors (Lipinski definition) is 3. The van der Waals surface area contributed by atoms with E-state index >= 15 is 0 Å². The van der Waals surface area contributed by atoms with Crippen LogP contribution in [0, 0.1) is 0 Å². The lowest BCUT2D eigenvalue weighted by Crippen LogP contribution is -2.45. The van der Waals surface area contributed by atoms with Crippen molar-refractivity contribution in [1.29, 1.82) is 0 Å². The minimum absolute atomic E-state index is 0. The second-order valence-electron chi connectivity index (χ2n) is 6.69. The van der Waals surface area contributed by atoms with Gasteiger partial charge in [0.1, 0.15) is 0 Å². The Bertz CT molecular complexity index is 694. The van der Waals surface area contributed by atoms with Crippen molar-refractivity contribution in [2.75, 3.05) is 13.1 Å². The number of nitrogens with zero attached hydrogens (tertiary/aromatic N) is 3. The van der Waals surface area contributed by atoms with E-state index in [2.05, 4.69) is 33.2 Å². The van der Waals surface area contributed by atoms with E-state index in [-0.39, 0.29) is 30.1 Å². The van der Waals surface area contributed by atoms with Crippen molar-refractivity contribution in [3.8, 4) is 0 Å². The summed E-state index contributed by atoms with van der Waals surface area (Å²) in [6.45, 7) is 4.63. The number of imidazole rings is 1. The van der Waals surface area contributed by atoms with E-state index in [9.17, 15) is 5.11 Å². The van der Waals surface area contributed by atoms with Crippen LogP contribution >= 0.6 is 24.0 Å². The first-order valence-corrected chi connectivity index (χ1v) is 9.39. The number of aliphatic hydroxyl groups excluding tert-OH is 1. The molecule has 6 nitrogen and oxygen atoms in total. The lowest BCUT2D eigenvalue weighted by molar-refractivity contribution is 0.120. The maximum Gasteiger partial charge on any atom is 0.191 e. The number of rotatable bonds is 6. The predicted octanol–water partition coefficient (Wildman–Crippen LogP) is 2.90. The Hall–Kier alpha value is -1.35. The van der Waals surface area contributed by atoms with Crippen LogP contribution in [0.2, 0.25) is 0 Å². The topological polar surface area (TPSA) is 74.5 Å². The Morgan fingerprint density at radius 2 is 2.04 bits per heavy atom. The van der Waals surface area contributed by atoms with E-state index in [0.717, 1.165) is 63.2 Å². The van der Waals surface area contributed by atoms with Gasteiger partial charge in [-0.3, -0.25) is 4.99 Å². The molecule has 0 atom stereocenters. The molecule has 1 fully saturated rings. The highest BCUT2D eigenvalue weighted by Gasteiger charge is 2.19. The van der Waals surface area contributed by atoms with Gasteiger partial charge in [-0.05, 0) is 51.2 Å². The highest BCUT2D eigenvalue weighted by Crippen LogP contribution is 2.18. The summed E-state index contributed by atoms with van der Waals surface area (Å²) in [7, 11) is 0. The first kappa shape index (κ1) is 21.0. The van der Waals surface area contributed by atoms with Crippen molar-refractivity contribution in [1.82, 2.24) is 20.2 Å². The van der Waals surface area contributed by atoms with Gasteiger partial charge in [-0.15, -0.1) is 24.0 Å². The SMILES string of the molecule is CCNC(=NCCCn1cnc2ccccc21)NC1CCC(O)CC1.I. The fourth-order valence-corrected chi connectivity index (χ4v) is 3.35. The Labute approximate surface area is 172 Å². The third-order valence-corrected chi connectivity index (χ3v) is 4.74. The van der Waals surface area contributed by atoms with Gasteiger partial charge in [-0.1, -0.05) is 12.1 Å². The number of benzene rings is 1. The highest BCUT2D eigenvalue weighted by molar-refractivity contribution is 14.0. The van der Waals surface area contributed by atoms with Crippen LogP contribution in [-0.2, 0) is 6.54 Å². The maximum atomic E-state index is 9.62. The molecular formula is C19H30IN5O. The molecule has 0 spiro atoms. The molecule has 0 radical (unpaired) electrons. The van der Waals surface area contributed by atoms with Crippen molar-refractivity contribution in [3.63, 3.8) is 0 Å². The van der Waals surface area contributed by atoms with E-state index < -0.39 is 0 Å². The lowest BCUT2D eigenvalue weighted by Gasteiger charge is -2.27. The van der Waals surface area contributed by atoms with Crippen molar-refractivity contribution in [2.45, 2.75) is 57.7 Å². The Kier molecular flexibility index (Phi) is 8.64. The maximum absolute atomic E-state index is 9.62. The minimum Gasteiger partial charge on any atom is -0.393 e. The highest BCUT2D eigenvalue weighted by atomic mass is 127. The largest absolute Gasteiger partial charge is 0.393 e. The predicted molar refractivity (Wildman–Crippen MR) is 117 cm³/mol. The van der Waals surface area contributed by atoms with E-state index in [0.29, 0.717) is 6.04 Å². The van der Waals surface area contributed by atoms with Crippen LogP contribution in [0.5, 0.6) is 0 Å². The van der Waals surface area contributed by atoms with Gasteiger partial charge >= 0.3 is 0 Å². The number of aromatic nitrogens is 2. The zero-order valence-electron chi connectivity index (χ0n) is 15.4. The normalized spacial score (nSPS) is 20.6. The second kappa shape index (κ2) is 10.7. The van der Waals surface area contributed by atoms with Crippen LogP contribution in [0.25, 0.3) is 11.0 Å². The van der Waals surface area contributed by atoms with Gasteiger partial charge in [0.05, 0.1) is 23.5 Å². The summed E-state index contributed by atoms with van der Waals surface area (Å²) in [6, 6.07) is 8.63. The van der Waals surface area contributed by atoms with E-state index in [1.807, 2.05) is 24.5 Å². The standard InChI is InChI=1S/C19H29N5O.HI/c1-2-20-19(23-15-8-10-16(25)11-9-15)21-12-5-13-24-14-22-17-6-3-4-7-18(17)24;/h3-4,6-7,14-16,25H,2,5,8-13H2,1H3,(H2,20,21,23);1H. The molecule has 7 heteroatoms. The average molecular weight is 471 g/mol. The third kappa shape index (κ3) is 5.84. The summed E-state index contributed by atoms with van der Waals surface area (Å²) in [6.07, 6.45) is 6.53. The van der Waals surface area contributed by atoms with E-state index in [4.69, 9.17) is 4.99 Å². The molecule has 3 N–H and O–H groups in total. The summed E-state index contributed by atoms with van der Waals surface area (Å²) in [5.74, 6) is 0.888. The molecule has 0 unspecified atom stereocenters. The number of guanidine groups is 1. The molecular weight excluding hydrogens is 441 g/mol. The molecule has 0 saturated heterocycles. The molecule has 2 aromatic rings. The molecule has 3 rings (SSSR count). The molecule has 1 aliphatic carbocycles. The average Bonchev–Trinajstić information content (AvgIpc) is 3.04. The Balaban J connectivity index is 0.00000243. The number of para-hydroxylation sites is 2. The van der Waals surface area contributed by atoms with Crippen LogP contribution in [0.15, 0.2) is 35.6 Å². The van der Waals surface area contributed by atoms with Gasteiger partial charge in [0.15, 0.2) is 5.96 Å². The van der Waals surface area contributed by atoms with Crippen LogP contribution < -0.4 is 10.6 Å². The van der Waals surface area contributed by atoms with Gasteiger partial charge in [0, 0.05) is 25.7 Å². The minimum atomic E-state index is -0.123. The van der Waals surface area contributed by atoms with E-state index in [1.165, 1.54) is 5.52 Å².